The highest BCUT2D eigenvalue weighted by Gasteiger charge is 2.29. The number of nitrogens with zero attached hydrogens (tertiary/aromatic N) is 2. The molecule has 0 radical (unpaired) electrons. The zero-order valence-corrected chi connectivity index (χ0v) is 12.4. The molecule has 0 spiro atoms. The van der Waals surface area contributed by atoms with Crippen LogP contribution in [0.5, 0.6) is 0 Å². The van der Waals surface area contributed by atoms with Gasteiger partial charge in [-0.05, 0) is 24.7 Å². The normalized spacial score (nSPS) is 16.9. The molecule has 1 aliphatic carbocycles. The molecule has 0 aromatic carbocycles. The zero-order valence-electron chi connectivity index (χ0n) is 12.4. The van der Waals surface area contributed by atoms with E-state index in [-0.39, 0.29) is 11.3 Å². The maximum atomic E-state index is 12.0. The van der Waals surface area contributed by atoms with Crippen LogP contribution in [0.1, 0.15) is 56.4 Å². The third-order valence-corrected chi connectivity index (χ3v) is 3.93. The van der Waals surface area contributed by atoms with Gasteiger partial charge in [-0.3, -0.25) is 4.79 Å². The number of nitrogens with one attached hydrogen (secondary N) is 2. The molecule has 110 valence electrons. The number of rotatable bonds is 6. The average molecular weight is 276 g/mol. The Morgan fingerprint density at radius 3 is 2.65 bits per heavy atom. The number of aromatic nitrogens is 2. The minimum atomic E-state index is -0.132. The molecular formula is C15H24N4O. The summed E-state index contributed by atoms with van der Waals surface area (Å²) in [5, 5.41) is 6.12. The molecule has 0 bridgehead atoms. The minimum absolute atomic E-state index is 0.132. The van der Waals surface area contributed by atoms with Crippen molar-refractivity contribution >= 4 is 11.7 Å². The van der Waals surface area contributed by atoms with Gasteiger partial charge in [0.1, 0.15) is 11.5 Å². The first-order valence-corrected chi connectivity index (χ1v) is 7.47. The van der Waals surface area contributed by atoms with Crippen molar-refractivity contribution in [2.24, 2.45) is 5.41 Å². The summed E-state index contributed by atoms with van der Waals surface area (Å²) in [6, 6.07) is 0. The summed E-state index contributed by atoms with van der Waals surface area (Å²) in [5.41, 5.74) is 0.639. The van der Waals surface area contributed by atoms with E-state index in [2.05, 4.69) is 34.4 Å². The van der Waals surface area contributed by atoms with E-state index in [4.69, 9.17) is 0 Å². The van der Waals surface area contributed by atoms with Crippen LogP contribution in [0.25, 0.3) is 0 Å². The SMILES string of the molecule is CCCNc1cnc(C(=O)NCC2(C)CCCC2)cn1. The average Bonchev–Trinajstić information content (AvgIpc) is 2.90. The maximum absolute atomic E-state index is 12.0. The molecule has 1 saturated carbocycles. The second-order valence-corrected chi connectivity index (χ2v) is 5.91. The van der Waals surface area contributed by atoms with Crippen molar-refractivity contribution in [1.29, 1.82) is 0 Å². The van der Waals surface area contributed by atoms with Crippen LogP contribution in [0.2, 0.25) is 0 Å². The highest BCUT2D eigenvalue weighted by Crippen LogP contribution is 2.36. The van der Waals surface area contributed by atoms with E-state index in [0.717, 1.165) is 19.5 Å². The zero-order chi connectivity index (χ0) is 14.4. The third kappa shape index (κ3) is 3.92. The van der Waals surface area contributed by atoms with E-state index in [1.807, 2.05) is 0 Å². The highest BCUT2D eigenvalue weighted by molar-refractivity contribution is 5.92. The van der Waals surface area contributed by atoms with Gasteiger partial charge in [-0.1, -0.05) is 26.7 Å². The lowest BCUT2D eigenvalue weighted by molar-refractivity contribution is 0.0929. The first kappa shape index (κ1) is 14.8. The smallest absolute Gasteiger partial charge is 0.271 e. The quantitative estimate of drug-likeness (QED) is 0.838. The van der Waals surface area contributed by atoms with Gasteiger partial charge in [0.25, 0.3) is 5.91 Å². The number of hydrogen-bond donors (Lipinski definition) is 2. The van der Waals surface area contributed by atoms with Crippen LogP contribution >= 0.6 is 0 Å². The third-order valence-electron chi connectivity index (χ3n) is 3.93. The first-order chi connectivity index (χ1) is 9.63. The Labute approximate surface area is 120 Å². The summed E-state index contributed by atoms with van der Waals surface area (Å²) >= 11 is 0. The summed E-state index contributed by atoms with van der Waals surface area (Å²) in [7, 11) is 0. The molecule has 1 heterocycles. The predicted molar refractivity (Wildman–Crippen MR) is 79.7 cm³/mol. The standard InChI is InChI=1S/C15H24N4O/c1-3-8-16-13-10-17-12(9-18-13)14(20)19-11-15(2)6-4-5-7-15/h9-10H,3-8,11H2,1-2H3,(H,16,18)(H,19,20). The topological polar surface area (TPSA) is 66.9 Å². The Morgan fingerprint density at radius 2 is 2.05 bits per heavy atom. The Bertz CT molecular complexity index is 438. The van der Waals surface area contributed by atoms with E-state index in [9.17, 15) is 4.79 Å². The van der Waals surface area contributed by atoms with E-state index in [1.54, 1.807) is 6.20 Å². The van der Waals surface area contributed by atoms with Gasteiger partial charge in [0.05, 0.1) is 12.4 Å². The first-order valence-electron chi connectivity index (χ1n) is 7.47. The number of hydrogen-bond acceptors (Lipinski definition) is 4. The van der Waals surface area contributed by atoms with Crippen molar-refractivity contribution in [1.82, 2.24) is 15.3 Å². The molecule has 1 aliphatic rings. The van der Waals surface area contributed by atoms with Gasteiger partial charge in [0.15, 0.2) is 0 Å². The van der Waals surface area contributed by atoms with Crippen LogP contribution in [0.15, 0.2) is 12.4 Å². The van der Waals surface area contributed by atoms with Crippen molar-refractivity contribution < 1.29 is 4.79 Å². The Morgan fingerprint density at radius 1 is 1.30 bits per heavy atom. The summed E-state index contributed by atoms with van der Waals surface area (Å²) in [5.74, 6) is 0.582. The van der Waals surface area contributed by atoms with Crippen LogP contribution in [0, 0.1) is 5.41 Å². The summed E-state index contributed by atoms with van der Waals surface area (Å²) in [6.45, 7) is 5.91. The van der Waals surface area contributed by atoms with Gasteiger partial charge in [-0.15, -0.1) is 0 Å². The van der Waals surface area contributed by atoms with Crippen LogP contribution in [0.4, 0.5) is 5.82 Å². The van der Waals surface area contributed by atoms with E-state index < -0.39 is 0 Å². The summed E-state index contributed by atoms with van der Waals surface area (Å²) in [6.07, 6.45) is 9.10. The molecular weight excluding hydrogens is 252 g/mol. The second kappa shape index (κ2) is 6.68. The van der Waals surface area contributed by atoms with Gasteiger partial charge in [-0.2, -0.15) is 0 Å². The van der Waals surface area contributed by atoms with Crippen molar-refractivity contribution in [2.45, 2.75) is 46.0 Å². The largest absolute Gasteiger partial charge is 0.369 e. The second-order valence-electron chi connectivity index (χ2n) is 5.91. The minimum Gasteiger partial charge on any atom is -0.369 e. The molecule has 0 atom stereocenters. The fraction of sp³-hybridized carbons (Fsp3) is 0.667. The molecule has 0 aliphatic heterocycles. The van der Waals surface area contributed by atoms with Crippen molar-refractivity contribution in [3.63, 3.8) is 0 Å². The van der Waals surface area contributed by atoms with Gasteiger partial charge < -0.3 is 10.6 Å². The van der Waals surface area contributed by atoms with Gasteiger partial charge in [-0.25, -0.2) is 9.97 Å². The Kier molecular flexibility index (Phi) is 4.93. The van der Waals surface area contributed by atoms with Crippen molar-refractivity contribution in [3.8, 4) is 0 Å². The molecule has 1 aromatic rings. The Hall–Kier alpha value is -1.65. The molecule has 2 rings (SSSR count). The highest BCUT2D eigenvalue weighted by atomic mass is 16.1. The van der Waals surface area contributed by atoms with Gasteiger partial charge >= 0.3 is 0 Å². The number of anilines is 1. The molecule has 1 aromatic heterocycles. The van der Waals surface area contributed by atoms with Crippen LogP contribution < -0.4 is 10.6 Å². The van der Waals surface area contributed by atoms with E-state index in [0.29, 0.717) is 11.5 Å². The molecule has 5 heteroatoms. The monoisotopic (exact) mass is 276 g/mol. The molecule has 1 amide bonds. The van der Waals surface area contributed by atoms with Crippen LogP contribution in [0.3, 0.4) is 0 Å². The van der Waals surface area contributed by atoms with Crippen LogP contribution in [-0.4, -0.2) is 29.0 Å². The predicted octanol–water partition coefficient (Wildman–Crippen LogP) is 2.61. The number of amides is 1. The molecule has 0 saturated heterocycles. The van der Waals surface area contributed by atoms with E-state index in [1.165, 1.54) is 31.9 Å². The summed E-state index contributed by atoms with van der Waals surface area (Å²) in [4.78, 5) is 20.4. The van der Waals surface area contributed by atoms with Crippen LogP contribution in [-0.2, 0) is 0 Å². The molecule has 2 N–H and O–H groups in total. The fourth-order valence-electron chi connectivity index (χ4n) is 2.58. The summed E-state index contributed by atoms with van der Waals surface area (Å²) < 4.78 is 0. The van der Waals surface area contributed by atoms with Gasteiger partial charge in [0.2, 0.25) is 0 Å². The molecule has 1 fully saturated rings. The molecule has 5 nitrogen and oxygen atoms in total. The number of carbonyl (C=O) groups excluding carboxylic acids is 1. The lowest BCUT2D eigenvalue weighted by Gasteiger charge is -2.23. The Balaban J connectivity index is 1.85. The van der Waals surface area contributed by atoms with E-state index >= 15 is 0 Å². The lowest BCUT2D eigenvalue weighted by Crippen LogP contribution is -2.34. The molecule has 0 unspecified atom stereocenters. The van der Waals surface area contributed by atoms with Crippen molar-refractivity contribution in [3.05, 3.63) is 18.1 Å². The lowest BCUT2D eigenvalue weighted by atomic mass is 9.89. The molecule has 20 heavy (non-hydrogen) atoms. The number of carbonyl (C=O) groups is 1. The maximum Gasteiger partial charge on any atom is 0.271 e. The van der Waals surface area contributed by atoms with Crippen molar-refractivity contribution in [2.75, 3.05) is 18.4 Å². The fourth-order valence-corrected chi connectivity index (χ4v) is 2.58. The van der Waals surface area contributed by atoms with Gasteiger partial charge in [0, 0.05) is 13.1 Å².